The molecule has 0 aromatic heterocycles. The third kappa shape index (κ3) is 2.54. The molecule has 1 heteroatoms. The largest absolute Gasteiger partial charge is 0.353 e. The minimum absolute atomic E-state index is 0.206. The SMILES string of the molecule is C(#CC1c2ccccc2CCN1c1ccccc1)C1CC1. The quantitative estimate of drug-likeness (QED) is 0.704. The fraction of sp³-hybridized carbons (Fsp3) is 0.300. The van der Waals surface area contributed by atoms with Gasteiger partial charge in [-0.15, -0.1) is 0 Å². The first-order chi connectivity index (χ1) is 10.4. The molecule has 1 aliphatic carbocycles. The summed E-state index contributed by atoms with van der Waals surface area (Å²) in [5.74, 6) is 7.69. The Morgan fingerprint density at radius 2 is 1.62 bits per heavy atom. The van der Waals surface area contributed by atoms with Crippen molar-refractivity contribution in [1.82, 2.24) is 0 Å². The third-order valence-corrected chi connectivity index (χ3v) is 4.37. The Kier molecular flexibility index (Phi) is 3.16. The van der Waals surface area contributed by atoms with Gasteiger partial charge in [0.2, 0.25) is 0 Å². The predicted octanol–water partition coefficient (Wildman–Crippen LogP) is 4.20. The molecule has 0 bridgehead atoms. The zero-order valence-corrected chi connectivity index (χ0v) is 12.1. The first-order valence-electron chi connectivity index (χ1n) is 7.82. The van der Waals surface area contributed by atoms with Crippen LogP contribution in [-0.2, 0) is 6.42 Å². The molecule has 1 aliphatic heterocycles. The zero-order valence-electron chi connectivity index (χ0n) is 12.1. The molecular formula is C20H19N. The van der Waals surface area contributed by atoms with Gasteiger partial charge in [0.1, 0.15) is 6.04 Å². The lowest BCUT2D eigenvalue weighted by Gasteiger charge is -2.36. The highest BCUT2D eigenvalue weighted by Gasteiger charge is 2.26. The number of para-hydroxylation sites is 1. The van der Waals surface area contributed by atoms with Gasteiger partial charge in [-0.05, 0) is 42.5 Å². The molecule has 104 valence electrons. The lowest BCUT2D eigenvalue weighted by Crippen LogP contribution is -2.34. The molecule has 0 N–H and O–H groups in total. The molecule has 0 amide bonds. The first kappa shape index (κ1) is 12.5. The number of rotatable bonds is 1. The van der Waals surface area contributed by atoms with E-state index in [-0.39, 0.29) is 6.04 Å². The Bertz CT molecular complexity index is 689. The van der Waals surface area contributed by atoms with Gasteiger partial charge in [-0.2, -0.15) is 0 Å². The maximum atomic E-state index is 3.56. The van der Waals surface area contributed by atoms with Gasteiger partial charge in [0.25, 0.3) is 0 Å². The summed E-state index contributed by atoms with van der Waals surface area (Å²) in [6.07, 6.45) is 3.67. The standard InChI is InChI=1S/C20H19N/c1-2-7-18(8-3-1)21-15-14-17-6-4-5-9-19(17)20(21)13-12-16-10-11-16/h1-9,16,20H,10-11,14-15H2. The van der Waals surface area contributed by atoms with Crippen molar-refractivity contribution >= 4 is 5.69 Å². The molecule has 1 nitrogen and oxygen atoms in total. The fourth-order valence-corrected chi connectivity index (χ4v) is 3.04. The van der Waals surface area contributed by atoms with Gasteiger partial charge >= 0.3 is 0 Å². The number of nitrogens with zero attached hydrogens (tertiary/aromatic N) is 1. The van der Waals surface area contributed by atoms with Gasteiger partial charge in [0, 0.05) is 18.2 Å². The number of hydrogen-bond donors (Lipinski definition) is 0. The monoisotopic (exact) mass is 273 g/mol. The van der Waals surface area contributed by atoms with E-state index in [1.807, 2.05) is 0 Å². The van der Waals surface area contributed by atoms with Crippen LogP contribution < -0.4 is 4.90 Å². The minimum atomic E-state index is 0.206. The highest BCUT2D eigenvalue weighted by Crippen LogP contribution is 2.34. The number of anilines is 1. The molecule has 21 heavy (non-hydrogen) atoms. The average Bonchev–Trinajstić information content (AvgIpc) is 3.37. The Balaban J connectivity index is 1.75. The topological polar surface area (TPSA) is 3.24 Å². The van der Waals surface area contributed by atoms with Crippen LogP contribution in [0.3, 0.4) is 0 Å². The van der Waals surface area contributed by atoms with Crippen molar-refractivity contribution in [2.24, 2.45) is 5.92 Å². The molecule has 2 aromatic rings. The van der Waals surface area contributed by atoms with Crippen molar-refractivity contribution in [3.8, 4) is 11.8 Å². The molecule has 1 atom stereocenters. The van der Waals surface area contributed by atoms with E-state index in [2.05, 4.69) is 71.3 Å². The molecular weight excluding hydrogens is 254 g/mol. The van der Waals surface area contributed by atoms with Crippen LogP contribution in [0.25, 0.3) is 0 Å². The van der Waals surface area contributed by atoms with Crippen LogP contribution in [0.5, 0.6) is 0 Å². The van der Waals surface area contributed by atoms with Crippen molar-refractivity contribution in [2.45, 2.75) is 25.3 Å². The van der Waals surface area contributed by atoms with Gasteiger partial charge in [0.15, 0.2) is 0 Å². The Hall–Kier alpha value is -2.20. The molecule has 1 fully saturated rings. The van der Waals surface area contributed by atoms with Crippen LogP contribution in [0, 0.1) is 17.8 Å². The van der Waals surface area contributed by atoms with Gasteiger partial charge < -0.3 is 4.90 Å². The molecule has 1 saturated carbocycles. The number of benzene rings is 2. The molecule has 0 spiro atoms. The maximum absolute atomic E-state index is 3.56. The summed E-state index contributed by atoms with van der Waals surface area (Å²) in [5, 5.41) is 0. The van der Waals surface area contributed by atoms with E-state index in [9.17, 15) is 0 Å². The van der Waals surface area contributed by atoms with Crippen molar-refractivity contribution < 1.29 is 0 Å². The predicted molar refractivity (Wildman–Crippen MR) is 87.2 cm³/mol. The lowest BCUT2D eigenvalue weighted by atomic mass is 9.92. The van der Waals surface area contributed by atoms with Crippen molar-refractivity contribution in [3.05, 3.63) is 65.7 Å². The summed E-state index contributed by atoms with van der Waals surface area (Å²) in [6.45, 7) is 1.05. The van der Waals surface area contributed by atoms with Crippen molar-refractivity contribution in [3.63, 3.8) is 0 Å². The van der Waals surface area contributed by atoms with E-state index < -0.39 is 0 Å². The molecule has 1 unspecified atom stereocenters. The second kappa shape index (κ2) is 5.30. The first-order valence-corrected chi connectivity index (χ1v) is 7.82. The van der Waals surface area contributed by atoms with E-state index >= 15 is 0 Å². The Morgan fingerprint density at radius 3 is 2.43 bits per heavy atom. The summed E-state index contributed by atoms with van der Waals surface area (Å²) in [7, 11) is 0. The van der Waals surface area contributed by atoms with Crippen molar-refractivity contribution in [1.29, 1.82) is 0 Å². The molecule has 2 aromatic carbocycles. The Morgan fingerprint density at radius 1 is 0.857 bits per heavy atom. The zero-order chi connectivity index (χ0) is 14.1. The van der Waals surface area contributed by atoms with Crippen LogP contribution in [0.15, 0.2) is 54.6 Å². The fourth-order valence-electron chi connectivity index (χ4n) is 3.04. The maximum Gasteiger partial charge on any atom is 0.116 e. The Labute approximate surface area is 126 Å². The highest BCUT2D eigenvalue weighted by molar-refractivity contribution is 5.55. The molecule has 1 heterocycles. The van der Waals surface area contributed by atoms with E-state index in [4.69, 9.17) is 0 Å². The van der Waals surface area contributed by atoms with Crippen LogP contribution in [0.1, 0.15) is 30.0 Å². The van der Waals surface area contributed by atoms with Crippen LogP contribution in [0.4, 0.5) is 5.69 Å². The van der Waals surface area contributed by atoms with E-state index in [0.29, 0.717) is 5.92 Å². The smallest absolute Gasteiger partial charge is 0.116 e. The molecule has 4 rings (SSSR count). The number of fused-ring (bicyclic) bond motifs is 1. The van der Waals surface area contributed by atoms with E-state index in [1.165, 1.54) is 29.7 Å². The second-order valence-corrected chi connectivity index (χ2v) is 5.94. The van der Waals surface area contributed by atoms with Gasteiger partial charge in [-0.3, -0.25) is 0 Å². The average molecular weight is 273 g/mol. The summed E-state index contributed by atoms with van der Waals surface area (Å²) >= 11 is 0. The minimum Gasteiger partial charge on any atom is -0.353 e. The van der Waals surface area contributed by atoms with E-state index in [0.717, 1.165) is 13.0 Å². The van der Waals surface area contributed by atoms with Crippen LogP contribution in [-0.4, -0.2) is 6.54 Å². The molecule has 0 radical (unpaired) electrons. The van der Waals surface area contributed by atoms with Crippen LogP contribution in [0.2, 0.25) is 0 Å². The molecule has 0 saturated heterocycles. The third-order valence-electron chi connectivity index (χ3n) is 4.37. The van der Waals surface area contributed by atoms with Crippen LogP contribution >= 0.6 is 0 Å². The highest BCUT2D eigenvalue weighted by atomic mass is 15.2. The number of hydrogen-bond acceptors (Lipinski definition) is 1. The summed E-state index contributed by atoms with van der Waals surface area (Å²) in [6, 6.07) is 19.7. The van der Waals surface area contributed by atoms with Gasteiger partial charge in [-0.1, -0.05) is 54.3 Å². The second-order valence-electron chi connectivity index (χ2n) is 5.94. The van der Waals surface area contributed by atoms with Gasteiger partial charge in [-0.25, -0.2) is 0 Å². The van der Waals surface area contributed by atoms with Crippen molar-refractivity contribution in [2.75, 3.05) is 11.4 Å². The van der Waals surface area contributed by atoms with E-state index in [1.54, 1.807) is 0 Å². The summed E-state index contributed by atoms with van der Waals surface area (Å²) < 4.78 is 0. The lowest BCUT2D eigenvalue weighted by molar-refractivity contribution is 0.681. The normalized spacial score (nSPS) is 20.4. The summed E-state index contributed by atoms with van der Waals surface area (Å²) in [4.78, 5) is 2.46. The van der Waals surface area contributed by atoms with Gasteiger partial charge in [0.05, 0.1) is 0 Å². The summed E-state index contributed by atoms with van der Waals surface area (Å²) in [5.41, 5.74) is 4.13. The molecule has 2 aliphatic rings.